The van der Waals surface area contributed by atoms with Gasteiger partial charge in [0.2, 0.25) is 5.52 Å². The van der Waals surface area contributed by atoms with Crippen LogP contribution in [0, 0.1) is 0 Å². The Morgan fingerprint density at radius 1 is 1.42 bits per heavy atom. The fraction of sp³-hybridized carbons (Fsp3) is 0.438. The summed E-state index contributed by atoms with van der Waals surface area (Å²) in [6.07, 6.45) is 2.18. The highest BCUT2D eigenvalue weighted by atomic mass is 32.2. The Bertz CT molecular complexity index is 840. The molecule has 0 N–H and O–H groups in total. The lowest BCUT2D eigenvalue weighted by atomic mass is 10.3. The maximum atomic E-state index is 10.9. The second-order valence-corrected chi connectivity index (χ2v) is 7.81. The Balaban J connectivity index is 2.42. The van der Waals surface area contributed by atoms with Crippen LogP contribution in [0.4, 0.5) is 0 Å². The van der Waals surface area contributed by atoms with Gasteiger partial charge in [-0.25, -0.2) is 8.42 Å². The molecule has 2 rings (SSSR count). The van der Waals surface area contributed by atoms with E-state index in [9.17, 15) is 13.0 Å². The smallest absolute Gasteiger partial charge is 0.266 e. The van der Waals surface area contributed by atoms with Gasteiger partial charge < -0.3 is 14.0 Å². The van der Waals surface area contributed by atoms with Crippen molar-refractivity contribution >= 4 is 37.7 Å². The van der Waals surface area contributed by atoms with Gasteiger partial charge in [-0.1, -0.05) is 11.3 Å². The number of benzene rings is 1. The standard InChI is InChI=1S/C16H21NO5S2/c1-4-22-12(2)10-16-17(8-5-9-24(18,19)20)14-11-13(21-3)6-7-15(14)23-16/h6-7,10-11H,4-5,8-9H2,1-3H3/b12-10+. The van der Waals surface area contributed by atoms with Crippen LogP contribution in [0.3, 0.4) is 0 Å². The number of ether oxygens (including phenoxy) is 2. The summed E-state index contributed by atoms with van der Waals surface area (Å²) in [7, 11) is -2.61. The molecule has 132 valence electrons. The van der Waals surface area contributed by atoms with Crippen molar-refractivity contribution in [3.05, 3.63) is 29.0 Å². The first-order chi connectivity index (χ1) is 11.3. The molecule has 0 amide bonds. The van der Waals surface area contributed by atoms with Crippen LogP contribution < -0.4 is 9.30 Å². The highest BCUT2D eigenvalue weighted by Crippen LogP contribution is 2.26. The zero-order valence-electron chi connectivity index (χ0n) is 13.9. The van der Waals surface area contributed by atoms with Gasteiger partial charge in [-0.3, -0.25) is 0 Å². The minimum Gasteiger partial charge on any atom is -0.748 e. The van der Waals surface area contributed by atoms with Crippen molar-refractivity contribution in [1.82, 2.24) is 0 Å². The maximum Gasteiger partial charge on any atom is 0.266 e. The molecule has 0 radical (unpaired) electrons. The molecule has 1 heterocycles. The van der Waals surface area contributed by atoms with Crippen molar-refractivity contribution in [3.8, 4) is 5.75 Å². The van der Waals surface area contributed by atoms with E-state index in [2.05, 4.69) is 0 Å². The molecule has 0 aliphatic heterocycles. The zero-order valence-corrected chi connectivity index (χ0v) is 15.6. The topological polar surface area (TPSA) is 79.5 Å². The van der Waals surface area contributed by atoms with Crippen LogP contribution in [-0.4, -0.2) is 32.4 Å². The molecule has 0 aliphatic carbocycles. The van der Waals surface area contributed by atoms with Crippen LogP contribution in [0.2, 0.25) is 0 Å². The summed E-state index contributed by atoms with van der Waals surface area (Å²) in [6.45, 7) is 4.80. The number of aryl methyl sites for hydroxylation is 1. The molecule has 0 spiro atoms. The van der Waals surface area contributed by atoms with Gasteiger partial charge in [0.15, 0.2) is 6.54 Å². The Morgan fingerprint density at radius 2 is 2.17 bits per heavy atom. The summed E-state index contributed by atoms with van der Waals surface area (Å²) >= 11 is 1.58. The van der Waals surface area contributed by atoms with Crippen molar-refractivity contribution in [1.29, 1.82) is 0 Å². The van der Waals surface area contributed by atoms with Gasteiger partial charge in [0.05, 0.1) is 36.0 Å². The van der Waals surface area contributed by atoms with E-state index >= 15 is 0 Å². The van der Waals surface area contributed by atoms with Crippen molar-refractivity contribution in [3.63, 3.8) is 0 Å². The van der Waals surface area contributed by atoms with E-state index < -0.39 is 10.1 Å². The van der Waals surface area contributed by atoms with E-state index in [4.69, 9.17) is 9.47 Å². The zero-order chi connectivity index (χ0) is 17.7. The fourth-order valence-corrected chi connectivity index (χ4v) is 4.03. The second-order valence-electron chi connectivity index (χ2n) is 5.23. The first kappa shape index (κ1) is 18.7. The summed E-state index contributed by atoms with van der Waals surface area (Å²) < 4.78 is 46.4. The van der Waals surface area contributed by atoms with Gasteiger partial charge in [-0.15, -0.1) is 0 Å². The number of allylic oxidation sites excluding steroid dienone is 1. The third-order valence-electron chi connectivity index (χ3n) is 3.41. The molecule has 1 aromatic carbocycles. The number of nitrogens with zero attached hydrogens (tertiary/aromatic N) is 1. The molecular weight excluding hydrogens is 350 g/mol. The lowest BCUT2D eigenvalue weighted by molar-refractivity contribution is -0.668. The minimum absolute atomic E-state index is 0.258. The molecule has 24 heavy (non-hydrogen) atoms. The van der Waals surface area contributed by atoms with Gasteiger partial charge in [0.1, 0.15) is 16.2 Å². The molecule has 0 aliphatic rings. The van der Waals surface area contributed by atoms with E-state index in [1.54, 1.807) is 18.4 Å². The molecule has 1 aromatic heterocycles. The average molecular weight is 371 g/mol. The monoisotopic (exact) mass is 371 g/mol. The van der Waals surface area contributed by atoms with E-state index in [0.717, 1.165) is 26.7 Å². The van der Waals surface area contributed by atoms with Gasteiger partial charge >= 0.3 is 0 Å². The molecule has 0 saturated heterocycles. The summed E-state index contributed by atoms with van der Waals surface area (Å²) in [6, 6.07) is 5.76. The predicted molar refractivity (Wildman–Crippen MR) is 93.0 cm³/mol. The lowest BCUT2D eigenvalue weighted by Crippen LogP contribution is -2.36. The Hall–Kier alpha value is -1.64. The number of rotatable bonds is 8. The molecule has 2 aromatic rings. The molecule has 8 heteroatoms. The summed E-state index contributed by atoms with van der Waals surface area (Å²) in [5, 5.41) is 0.938. The molecule has 0 bridgehead atoms. The normalized spacial score (nSPS) is 12.6. The highest BCUT2D eigenvalue weighted by molar-refractivity contribution is 7.85. The van der Waals surface area contributed by atoms with Crippen LogP contribution in [-0.2, 0) is 21.4 Å². The Labute approximate surface area is 146 Å². The largest absolute Gasteiger partial charge is 0.748 e. The van der Waals surface area contributed by atoms with Gasteiger partial charge in [0.25, 0.3) is 5.01 Å². The fourth-order valence-electron chi connectivity index (χ4n) is 2.39. The molecule has 0 fully saturated rings. The highest BCUT2D eigenvalue weighted by Gasteiger charge is 2.20. The number of methoxy groups -OCH3 is 1. The van der Waals surface area contributed by atoms with Crippen LogP contribution in [0.15, 0.2) is 24.0 Å². The number of hydrogen-bond donors (Lipinski definition) is 0. The molecular formula is C16H21NO5S2. The van der Waals surface area contributed by atoms with Gasteiger partial charge in [-0.2, -0.15) is 4.57 Å². The molecule has 0 unspecified atom stereocenters. The summed E-state index contributed by atoms with van der Waals surface area (Å²) in [5.41, 5.74) is 0.943. The third-order valence-corrected chi connectivity index (χ3v) is 5.31. The Kier molecular flexibility index (Phi) is 6.20. The molecule has 6 nitrogen and oxygen atoms in total. The van der Waals surface area contributed by atoms with Crippen molar-refractivity contribution < 1.29 is 27.0 Å². The summed E-state index contributed by atoms with van der Waals surface area (Å²) in [4.78, 5) is 0. The second kappa shape index (κ2) is 7.96. The van der Waals surface area contributed by atoms with E-state index in [1.165, 1.54) is 0 Å². The third kappa shape index (κ3) is 4.93. The minimum atomic E-state index is -4.21. The molecule has 0 saturated carbocycles. The molecule has 0 atom stereocenters. The Morgan fingerprint density at radius 3 is 2.79 bits per heavy atom. The van der Waals surface area contributed by atoms with E-state index in [0.29, 0.717) is 13.2 Å². The number of aromatic nitrogens is 1. The first-order valence-electron chi connectivity index (χ1n) is 7.59. The van der Waals surface area contributed by atoms with E-state index in [-0.39, 0.29) is 12.2 Å². The summed E-state index contributed by atoms with van der Waals surface area (Å²) in [5.74, 6) is 1.12. The van der Waals surface area contributed by atoms with Crippen LogP contribution in [0.25, 0.3) is 16.3 Å². The van der Waals surface area contributed by atoms with Crippen molar-refractivity contribution in [2.45, 2.75) is 26.8 Å². The SMILES string of the molecule is CCO/C(C)=C/c1sc2ccc(OC)cc2[n+]1CCCS(=O)(=O)[O-]. The maximum absolute atomic E-state index is 10.9. The van der Waals surface area contributed by atoms with Crippen molar-refractivity contribution in [2.24, 2.45) is 0 Å². The van der Waals surface area contributed by atoms with Gasteiger partial charge in [0, 0.05) is 12.2 Å². The number of hydrogen-bond acceptors (Lipinski definition) is 6. The quantitative estimate of drug-likeness (QED) is 0.405. The van der Waals surface area contributed by atoms with Crippen molar-refractivity contribution in [2.75, 3.05) is 19.5 Å². The average Bonchev–Trinajstić information content (AvgIpc) is 2.83. The van der Waals surface area contributed by atoms with E-state index in [1.807, 2.05) is 42.7 Å². The number of thiazole rings is 1. The van der Waals surface area contributed by atoms with Crippen LogP contribution >= 0.6 is 11.3 Å². The van der Waals surface area contributed by atoms with Crippen LogP contribution in [0.1, 0.15) is 25.3 Å². The predicted octanol–water partition coefficient (Wildman–Crippen LogP) is 2.53. The van der Waals surface area contributed by atoms with Crippen LogP contribution in [0.5, 0.6) is 5.75 Å². The van der Waals surface area contributed by atoms with Gasteiger partial charge in [-0.05, 0) is 26.0 Å². The first-order valence-corrected chi connectivity index (χ1v) is 9.98. The lowest BCUT2D eigenvalue weighted by Gasteiger charge is -2.05. The number of fused-ring (bicyclic) bond motifs is 1.